The standard InChI is InChI=1S/C21H20N2O2S/c1-16(18-6-4-3-5-7-18)14-20(24)23(21-22-12-13-26-21)15-17-8-10-19(25-2)11-9-17/h3-14H,15H2,1-2H3/b16-14+. The second-order valence-electron chi connectivity index (χ2n) is 5.78. The number of aromatic nitrogens is 1. The molecule has 4 nitrogen and oxygen atoms in total. The molecule has 0 aliphatic rings. The maximum absolute atomic E-state index is 12.9. The van der Waals surface area contributed by atoms with Crippen LogP contribution in [-0.2, 0) is 11.3 Å². The maximum atomic E-state index is 12.9. The van der Waals surface area contributed by atoms with Gasteiger partial charge in [-0.2, -0.15) is 0 Å². The van der Waals surface area contributed by atoms with E-state index in [2.05, 4.69) is 4.98 Å². The Balaban J connectivity index is 1.85. The van der Waals surface area contributed by atoms with E-state index in [9.17, 15) is 4.79 Å². The van der Waals surface area contributed by atoms with Crippen molar-refractivity contribution < 1.29 is 9.53 Å². The van der Waals surface area contributed by atoms with Crippen LogP contribution in [0, 0.1) is 0 Å². The number of carbonyl (C=O) groups is 1. The Bertz CT molecular complexity index is 872. The highest BCUT2D eigenvalue weighted by molar-refractivity contribution is 7.13. The highest BCUT2D eigenvalue weighted by Crippen LogP contribution is 2.23. The van der Waals surface area contributed by atoms with Gasteiger partial charge in [0.1, 0.15) is 5.75 Å². The zero-order valence-electron chi connectivity index (χ0n) is 14.8. The van der Waals surface area contributed by atoms with Crippen molar-refractivity contribution in [1.82, 2.24) is 4.98 Å². The summed E-state index contributed by atoms with van der Waals surface area (Å²) in [6, 6.07) is 17.6. The molecule has 2 aromatic carbocycles. The number of allylic oxidation sites excluding steroid dienone is 1. The van der Waals surface area contributed by atoms with Crippen molar-refractivity contribution in [3.8, 4) is 5.75 Å². The van der Waals surface area contributed by atoms with Gasteiger partial charge in [-0.05, 0) is 35.8 Å². The van der Waals surface area contributed by atoms with Crippen molar-refractivity contribution in [2.24, 2.45) is 0 Å². The van der Waals surface area contributed by atoms with Crippen LogP contribution >= 0.6 is 11.3 Å². The zero-order chi connectivity index (χ0) is 18.4. The van der Waals surface area contributed by atoms with E-state index < -0.39 is 0 Å². The molecule has 26 heavy (non-hydrogen) atoms. The number of nitrogens with zero attached hydrogens (tertiary/aromatic N) is 2. The van der Waals surface area contributed by atoms with Crippen LogP contribution in [0.15, 0.2) is 72.3 Å². The average Bonchev–Trinajstić information content (AvgIpc) is 3.21. The lowest BCUT2D eigenvalue weighted by Crippen LogP contribution is -2.28. The summed E-state index contributed by atoms with van der Waals surface area (Å²) in [7, 11) is 1.64. The van der Waals surface area contributed by atoms with Crippen molar-refractivity contribution in [2.75, 3.05) is 12.0 Å². The lowest BCUT2D eigenvalue weighted by Gasteiger charge is -2.19. The number of carbonyl (C=O) groups excluding carboxylic acids is 1. The molecule has 0 N–H and O–H groups in total. The summed E-state index contributed by atoms with van der Waals surface area (Å²) < 4.78 is 5.20. The number of hydrogen-bond donors (Lipinski definition) is 0. The van der Waals surface area contributed by atoms with E-state index in [0.29, 0.717) is 11.7 Å². The third-order valence-corrected chi connectivity index (χ3v) is 4.78. The van der Waals surface area contributed by atoms with Crippen LogP contribution in [-0.4, -0.2) is 18.0 Å². The van der Waals surface area contributed by atoms with Gasteiger partial charge in [-0.15, -0.1) is 11.3 Å². The molecule has 0 fully saturated rings. The number of benzene rings is 2. The van der Waals surface area contributed by atoms with Crippen LogP contribution in [0.4, 0.5) is 5.13 Å². The fraction of sp³-hybridized carbons (Fsp3) is 0.143. The zero-order valence-corrected chi connectivity index (χ0v) is 15.6. The quantitative estimate of drug-likeness (QED) is 0.591. The number of rotatable bonds is 6. The molecule has 1 amide bonds. The first-order valence-corrected chi connectivity index (χ1v) is 9.13. The second-order valence-corrected chi connectivity index (χ2v) is 6.65. The number of ether oxygens (including phenoxy) is 1. The minimum Gasteiger partial charge on any atom is -0.497 e. The third-order valence-electron chi connectivity index (χ3n) is 3.99. The number of amides is 1. The predicted molar refractivity (Wildman–Crippen MR) is 106 cm³/mol. The molecular formula is C21H20N2O2S. The molecule has 3 aromatic rings. The van der Waals surface area contributed by atoms with Crippen LogP contribution < -0.4 is 9.64 Å². The van der Waals surface area contributed by atoms with Gasteiger partial charge < -0.3 is 4.74 Å². The highest BCUT2D eigenvalue weighted by Gasteiger charge is 2.17. The summed E-state index contributed by atoms with van der Waals surface area (Å²) in [4.78, 5) is 19.0. The Kier molecular flexibility index (Phi) is 5.81. The first-order valence-electron chi connectivity index (χ1n) is 8.25. The van der Waals surface area contributed by atoms with Crippen LogP contribution in [0.3, 0.4) is 0 Å². The molecule has 132 valence electrons. The average molecular weight is 364 g/mol. The SMILES string of the molecule is COc1ccc(CN(C(=O)/C=C(\C)c2ccccc2)c2nccs2)cc1. The minimum atomic E-state index is -0.0860. The van der Waals surface area contributed by atoms with Crippen molar-refractivity contribution in [3.05, 3.63) is 83.4 Å². The highest BCUT2D eigenvalue weighted by atomic mass is 32.1. The van der Waals surface area contributed by atoms with Crippen molar-refractivity contribution in [1.29, 1.82) is 0 Å². The van der Waals surface area contributed by atoms with E-state index in [1.165, 1.54) is 11.3 Å². The molecule has 0 saturated heterocycles. The number of anilines is 1. The van der Waals surface area contributed by atoms with Crippen LogP contribution in [0.2, 0.25) is 0 Å². The minimum absolute atomic E-state index is 0.0860. The number of methoxy groups -OCH3 is 1. The molecule has 1 heterocycles. The van der Waals surface area contributed by atoms with Gasteiger partial charge >= 0.3 is 0 Å². The molecule has 5 heteroatoms. The smallest absolute Gasteiger partial charge is 0.253 e. The first-order chi connectivity index (χ1) is 12.7. The molecule has 0 atom stereocenters. The summed E-state index contributed by atoms with van der Waals surface area (Å²) in [6.45, 7) is 2.40. The predicted octanol–water partition coefficient (Wildman–Crippen LogP) is 4.79. The third kappa shape index (κ3) is 4.37. The van der Waals surface area contributed by atoms with Gasteiger partial charge in [0.05, 0.1) is 13.7 Å². The Morgan fingerprint density at radius 3 is 2.50 bits per heavy atom. The molecule has 0 unspecified atom stereocenters. The van der Waals surface area contributed by atoms with Gasteiger partial charge in [0.2, 0.25) is 0 Å². The van der Waals surface area contributed by atoms with Crippen LogP contribution in [0.5, 0.6) is 5.75 Å². The van der Waals surface area contributed by atoms with Crippen LogP contribution in [0.1, 0.15) is 18.1 Å². The van der Waals surface area contributed by atoms with E-state index in [1.807, 2.05) is 66.9 Å². The summed E-state index contributed by atoms with van der Waals surface area (Å²) in [6.07, 6.45) is 3.38. The lowest BCUT2D eigenvalue weighted by molar-refractivity contribution is -0.114. The van der Waals surface area contributed by atoms with Crippen LogP contribution in [0.25, 0.3) is 5.57 Å². The molecule has 3 rings (SSSR count). The van der Waals surface area contributed by atoms with Crippen molar-refractivity contribution >= 4 is 27.9 Å². The summed E-state index contributed by atoms with van der Waals surface area (Å²) >= 11 is 1.45. The molecule has 0 aliphatic carbocycles. The number of hydrogen-bond acceptors (Lipinski definition) is 4. The van der Waals surface area contributed by atoms with Gasteiger partial charge in [0.25, 0.3) is 5.91 Å². The fourth-order valence-electron chi connectivity index (χ4n) is 2.55. The van der Waals surface area contributed by atoms with Gasteiger partial charge in [0, 0.05) is 17.7 Å². The van der Waals surface area contributed by atoms with Gasteiger partial charge in [-0.3, -0.25) is 9.69 Å². The van der Waals surface area contributed by atoms with Gasteiger partial charge in [-0.25, -0.2) is 4.98 Å². The van der Waals surface area contributed by atoms with E-state index in [4.69, 9.17) is 4.74 Å². The van der Waals surface area contributed by atoms with Gasteiger partial charge in [0.15, 0.2) is 5.13 Å². The summed E-state index contributed by atoms with van der Waals surface area (Å²) in [5.74, 6) is 0.706. The Labute approximate surface area is 157 Å². The van der Waals surface area contributed by atoms with Crippen molar-refractivity contribution in [3.63, 3.8) is 0 Å². The Morgan fingerprint density at radius 2 is 1.88 bits per heavy atom. The maximum Gasteiger partial charge on any atom is 0.253 e. The molecule has 0 aliphatic heterocycles. The van der Waals surface area contributed by atoms with Gasteiger partial charge in [-0.1, -0.05) is 42.5 Å². The largest absolute Gasteiger partial charge is 0.497 e. The fourth-order valence-corrected chi connectivity index (χ4v) is 3.20. The first kappa shape index (κ1) is 17.9. The topological polar surface area (TPSA) is 42.4 Å². The summed E-state index contributed by atoms with van der Waals surface area (Å²) in [5.41, 5.74) is 2.97. The summed E-state index contributed by atoms with van der Waals surface area (Å²) in [5, 5.41) is 2.56. The monoisotopic (exact) mass is 364 g/mol. The number of thiazole rings is 1. The molecular weight excluding hydrogens is 344 g/mol. The Hall–Kier alpha value is -2.92. The van der Waals surface area contributed by atoms with E-state index in [1.54, 1.807) is 24.3 Å². The van der Waals surface area contributed by atoms with E-state index in [-0.39, 0.29) is 5.91 Å². The lowest BCUT2D eigenvalue weighted by atomic mass is 10.1. The second kappa shape index (κ2) is 8.45. The Morgan fingerprint density at radius 1 is 1.15 bits per heavy atom. The molecule has 0 radical (unpaired) electrons. The van der Waals surface area contributed by atoms with E-state index >= 15 is 0 Å². The molecule has 0 saturated carbocycles. The molecule has 1 aromatic heterocycles. The van der Waals surface area contributed by atoms with E-state index in [0.717, 1.165) is 22.4 Å². The molecule has 0 bridgehead atoms. The molecule has 0 spiro atoms. The normalized spacial score (nSPS) is 11.2. The van der Waals surface area contributed by atoms with Crippen molar-refractivity contribution in [2.45, 2.75) is 13.5 Å².